The van der Waals surface area contributed by atoms with Gasteiger partial charge in [-0.2, -0.15) is 0 Å². The molecule has 0 saturated carbocycles. The van der Waals surface area contributed by atoms with Crippen molar-refractivity contribution in [1.29, 1.82) is 0 Å². The van der Waals surface area contributed by atoms with Crippen molar-refractivity contribution in [2.24, 2.45) is 0 Å². The van der Waals surface area contributed by atoms with Gasteiger partial charge in [0.25, 0.3) is 0 Å². The Kier molecular flexibility index (Phi) is 79.1. The van der Waals surface area contributed by atoms with E-state index in [0.29, 0.717) is 23.9 Å². The van der Waals surface area contributed by atoms with Gasteiger partial charge in [0, 0.05) is 12.8 Å². The standard InChI is InChI=1S/C92H166NO8P/c1-6-8-10-12-14-16-18-20-22-24-26-28-30-32-34-36-38-40-42-44-45-46-47-49-51-53-55-57-59-61-63-65-67-69-71-73-75-77-79-81-83-85-92(95)101-90(89-100-102(96,97)99-87-86-93(3,4)5)88-98-91(94)84-82-80-78-76-74-72-70-68-66-64-62-60-58-56-54-52-50-48-43-41-39-37-35-33-31-29-27-25-23-21-19-17-15-13-11-9-7-2/h8,10,14,16,20,22,25-28,32,34,38,40,44-45,47,49,90H,6-7,9,11-13,15,17-19,21,23-24,29-31,33,35-37,39,41-43,46,48,50-89H2,1-5H3/p+1/b10-8-,16-14-,22-20-,27-25-,28-26-,34-32-,40-38-,45-44-,49-47-. The number of quaternary nitrogens is 1. The molecule has 0 amide bonds. The van der Waals surface area contributed by atoms with E-state index in [1.54, 1.807) is 0 Å². The lowest BCUT2D eigenvalue weighted by Gasteiger charge is -2.24. The lowest BCUT2D eigenvalue weighted by molar-refractivity contribution is -0.870. The van der Waals surface area contributed by atoms with Crippen LogP contribution in [-0.4, -0.2) is 74.9 Å². The van der Waals surface area contributed by atoms with Crippen molar-refractivity contribution < 1.29 is 42.1 Å². The van der Waals surface area contributed by atoms with Gasteiger partial charge in [-0.3, -0.25) is 18.6 Å². The van der Waals surface area contributed by atoms with E-state index in [0.717, 1.165) is 83.5 Å². The molecule has 592 valence electrons. The second-order valence-electron chi connectivity index (χ2n) is 30.5. The summed E-state index contributed by atoms with van der Waals surface area (Å²) in [5.74, 6) is -0.780. The molecule has 9 nitrogen and oxygen atoms in total. The molecule has 0 radical (unpaired) electrons. The van der Waals surface area contributed by atoms with Gasteiger partial charge < -0.3 is 18.9 Å². The van der Waals surface area contributed by atoms with Crippen LogP contribution in [0.1, 0.15) is 412 Å². The fourth-order valence-corrected chi connectivity index (χ4v) is 13.4. The highest BCUT2D eigenvalue weighted by molar-refractivity contribution is 7.47. The monoisotopic (exact) mass is 1450 g/mol. The molecule has 1 N–H and O–H groups in total. The fraction of sp³-hybridized carbons (Fsp3) is 0.783. The Morgan fingerprint density at radius 2 is 0.559 bits per heavy atom. The number of rotatable bonds is 81. The number of unbranched alkanes of at least 4 members (excludes halogenated alkanes) is 49. The number of hydrogen-bond donors (Lipinski definition) is 1. The summed E-state index contributed by atoms with van der Waals surface area (Å²) in [6.07, 6.45) is 117. The minimum absolute atomic E-state index is 0.0311. The third-order valence-electron chi connectivity index (χ3n) is 19.3. The zero-order valence-electron chi connectivity index (χ0n) is 67.8. The zero-order valence-corrected chi connectivity index (χ0v) is 68.7. The Labute approximate surface area is 633 Å². The van der Waals surface area contributed by atoms with Crippen LogP contribution >= 0.6 is 7.82 Å². The predicted octanol–water partition coefficient (Wildman–Crippen LogP) is 29.5. The highest BCUT2D eigenvalue weighted by Crippen LogP contribution is 2.43. The molecule has 0 bridgehead atoms. The van der Waals surface area contributed by atoms with Gasteiger partial charge in [-0.25, -0.2) is 4.57 Å². The fourth-order valence-electron chi connectivity index (χ4n) is 12.7. The lowest BCUT2D eigenvalue weighted by Crippen LogP contribution is -2.37. The number of carbonyl (C=O) groups is 2. The van der Waals surface area contributed by atoms with Gasteiger partial charge in [0.2, 0.25) is 0 Å². The van der Waals surface area contributed by atoms with Gasteiger partial charge in [0.1, 0.15) is 19.8 Å². The summed E-state index contributed by atoms with van der Waals surface area (Å²) in [5.41, 5.74) is 0. The molecule has 0 aromatic rings. The molecule has 102 heavy (non-hydrogen) atoms. The van der Waals surface area contributed by atoms with Crippen LogP contribution in [0.15, 0.2) is 109 Å². The molecule has 0 aromatic heterocycles. The van der Waals surface area contributed by atoms with Crippen LogP contribution in [0.25, 0.3) is 0 Å². The van der Waals surface area contributed by atoms with Crippen LogP contribution in [-0.2, 0) is 32.7 Å². The highest BCUT2D eigenvalue weighted by Gasteiger charge is 2.27. The van der Waals surface area contributed by atoms with Gasteiger partial charge in [-0.15, -0.1) is 0 Å². The maximum Gasteiger partial charge on any atom is 0.472 e. The van der Waals surface area contributed by atoms with E-state index >= 15 is 0 Å². The Bertz CT molecular complexity index is 2100. The van der Waals surface area contributed by atoms with E-state index in [1.165, 1.54) is 295 Å². The molecule has 0 aliphatic carbocycles. The maximum atomic E-state index is 12.9. The van der Waals surface area contributed by atoms with Crippen molar-refractivity contribution >= 4 is 19.8 Å². The van der Waals surface area contributed by atoms with Crippen LogP contribution in [0.4, 0.5) is 0 Å². The largest absolute Gasteiger partial charge is 0.472 e. The van der Waals surface area contributed by atoms with Crippen molar-refractivity contribution in [2.45, 2.75) is 418 Å². The van der Waals surface area contributed by atoms with E-state index in [9.17, 15) is 19.0 Å². The summed E-state index contributed by atoms with van der Waals surface area (Å²) in [5, 5.41) is 0. The smallest absolute Gasteiger partial charge is 0.462 e. The number of carbonyl (C=O) groups excluding carboxylic acids is 2. The molecular weight excluding hydrogens is 1280 g/mol. The van der Waals surface area contributed by atoms with Crippen LogP contribution in [0.3, 0.4) is 0 Å². The van der Waals surface area contributed by atoms with Gasteiger partial charge in [0.05, 0.1) is 27.7 Å². The Hall–Kier alpha value is -3.33. The van der Waals surface area contributed by atoms with Crippen molar-refractivity contribution in [2.75, 3.05) is 47.5 Å². The Morgan fingerprint density at radius 1 is 0.314 bits per heavy atom. The SMILES string of the molecule is CC/C=C\C/C=C\C/C=C\C/C=C\C/C=C\C/C=C\C/C=C\C/C=C\CCCCCCCCCCCCCCCCCCC(=O)OC(COC(=O)CCCCCCCCCCCCCCCCCCCCCCCCCCC/C=C\CCCCCCCCCC)COP(=O)(O)OCC[N+](C)(C)C. The molecule has 0 aliphatic rings. The summed E-state index contributed by atoms with van der Waals surface area (Å²) in [6.45, 7) is 4.38. The van der Waals surface area contributed by atoms with E-state index in [2.05, 4.69) is 123 Å². The average molecular weight is 1450 g/mol. The molecule has 0 saturated heterocycles. The van der Waals surface area contributed by atoms with Crippen LogP contribution in [0.5, 0.6) is 0 Å². The van der Waals surface area contributed by atoms with Crippen molar-refractivity contribution in [3.8, 4) is 0 Å². The lowest BCUT2D eigenvalue weighted by atomic mass is 10.0. The first-order chi connectivity index (χ1) is 50.0. The molecule has 2 unspecified atom stereocenters. The Balaban J connectivity index is 3.91. The average Bonchev–Trinajstić information content (AvgIpc) is 0.916. The van der Waals surface area contributed by atoms with E-state index in [1.807, 2.05) is 21.1 Å². The van der Waals surface area contributed by atoms with E-state index in [-0.39, 0.29) is 25.6 Å². The second kappa shape index (κ2) is 81.7. The molecule has 10 heteroatoms. The van der Waals surface area contributed by atoms with Crippen molar-refractivity contribution in [1.82, 2.24) is 0 Å². The summed E-state index contributed by atoms with van der Waals surface area (Å²) in [6, 6.07) is 0. The first kappa shape index (κ1) is 98.7. The third-order valence-corrected chi connectivity index (χ3v) is 20.3. The second-order valence-corrected chi connectivity index (χ2v) is 32.0. The molecule has 0 aromatic carbocycles. The molecule has 0 fully saturated rings. The van der Waals surface area contributed by atoms with E-state index in [4.69, 9.17) is 18.5 Å². The first-order valence-electron chi connectivity index (χ1n) is 43.6. The number of esters is 2. The number of ether oxygens (including phenoxy) is 2. The molecular formula is C92H167NO8P+. The maximum absolute atomic E-state index is 12.9. The van der Waals surface area contributed by atoms with Gasteiger partial charge in [-0.05, 0) is 103 Å². The van der Waals surface area contributed by atoms with Gasteiger partial charge in [0.15, 0.2) is 6.10 Å². The normalized spacial score (nSPS) is 13.5. The summed E-state index contributed by atoms with van der Waals surface area (Å²) < 4.78 is 34.9. The van der Waals surface area contributed by atoms with Gasteiger partial charge in [-0.1, -0.05) is 406 Å². The van der Waals surface area contributed by atoms with Crippen LogP contribution < -0.4 is 0 Å². The first-order valence-corrected chi connectivity index (χ1v) is 45.1. The highest BCUT2D eigenvalue weighted by atomic mass is 31.2. The van der Waals surface area contributed by atoms with Gasteiger partial charge >= 0.3 is 19.8 Å². The summed E-state index contributed by atoms with van der Waals surface area (Å²) in [4.78, 5) is 36.1. The van der Waals surface area contributed by atoms with Crippen molar-refractivity contribution in [3.05, 3.63) is 109 Å². The molecule has 0 rings (SSSR count). The quantitative estimate of drug-likeness (QED) is 0.0211. The number of hydrogen-bond acceptors (Lipinski definition) is 7. The molecule has 0 spiro atoms. The molecule has 0 aliphatic heterocycles. The number of likely N-dealkylation sites (N-methyl/N-ethyl adjacent to an activating group) is 1. The third kappa shape index (κ3) is 85.6. The van der Waals surface area contributed by atoms with Crippen molar-refractivity contribution in [3.63, 3.8) is 0 Å². The van der Waals surface area contributed by atoms with Crippen LogP contribution in [0, 0.1) is 0 Å². The van der Waals surface area contributed by atoms with Crippen LogP contribution in [0.2, 0.25) is 0 Å². The minimum atomic E-state index is -4.40. The number of phosphoric ester groups is 1. The number of nitrogens with zero attached hydrogens (tertiary/aromatic N) is 1. The number of allylic oxidation sites excluding steroid dienone is 18. The summed E-state index contributed by atoms with van der Waals surface area (Å²) >= 11 is 0. The summed E-state index contributed by atoms with van der Waals surface area (Å²) in [7, 11) is 1.49. The molecule has 2 atom stereocenters. The molecule has 0 heterocycles. The minimum Gasteiger partial charge on any atom is -0.462 e. The zero-order chi connectivity index (χ0) is 74.0. The van der Waals surface area contributed by atoms with E-state index < -0.39 is 26.5 Å². The Morgan fingerprint density at radius 3 is 0.843 bits per heavy atom. The number of phosphoric acid groups is 1. The predicted molar refractivity (Wildman–Crippen MR) is 445 cm³/mol. The topological polar surface area (TPSA) is 108 Å².